The summed E-state index contributed by atoms with van der Waals surface area (Å²) in [6.07, 6.45) is 0. The highest BCUT2D eigenvalue weighted by molar-refractivity contribution is 6.42. The average molecular weight is 372 g/mol. The summed E-state index contributed by atoms with van der Waals surface area (Å²) >= 11 is 11.6. The number of benzene rings is 2. The number of hydrogen-bond acceptors (Lipinski definition) is 4. The summed E-state index contributed by atoms with van der Waals surface area (Å²) in [5, 5.41) is 3.12. The zero-order valence-corrected chi connectivity index (χ0v) is 13.7. The average Bonchev–Trinajstić information content (AvgIpc) is 2.55. The quantitative estimate of drug-likeness (QED) is 0.786. The summed E-state index contributed by atoms with van der Waals surface area (Å²) < 4.78 is 23.0. The molecule has 0 saturated carbocycles. The molecule has 0 unspecified atom stereocenters. The Bertz CT molecular complexity index is 755. The lowest BCUT2D eigenvalue weighted by Gasteiger charge is -2.08. The maximum absolute atomic E-state index is 13.3. The van der Waals surface area contributed by atoms with E-state index in [0.29, 0.717) is 10.7 Å². The smallest absolute Gasteiger partial charge is 0.344 e. The number of anilines is 1. The Hall–Kier alpha value is -2.31. The number of hydrogen-bond donors (Lipinski definition) is 1. The molecule has 0 aliphatic rings. The van der Waals surface area contributed by atoms with Crippen LogP contribution in [0, 0.1) is 5.82 Å². The van der Waals surface area contributed by atoms with Crippen LogP contribution in [-0.4, -0.2) is 25.1 Å². The van der Waals surface area contributed by atoms with Crippen LogP contribution >= 0.6 is 23.2 Å². The largest absolute Gasteiger partial charge is 0.479 e. The number of carbonyl (C=O) groups is 2. The van der Waals surface area contributed by atoms with E-state index in [0.717, 1.165) is 0 Å². The first-order valence-electron chi connectivity index (χ1n) is 6.73. The van der Waals surface area contributed by atoms with Gasteiger partial charge in [0.1, 0.15) is 0 Å². The molecule has 2 aromatic carbocycles. The lowest BCUT2D eigenvalue weighted by Crippen LogP contribution is -2.23. The van der Waals surface area contributed by atoms with Crippen LogP contribution in [-0.2, 0) is 14.3 Å². The Morgan fingerprint density at radius 3 is 2.50 bits per heavy atom. The molecule has 8 heteroatoms. The van der Waals surface area contributed by atoms with Gasteiger partial charge < -0.3 is 14.8 Å². The van der Waals surface area contributed by atoms with Crippen LogP contribution in [0.4, 0.5) is 10.1 Å². The number of esters is 1. The van der Waals surface area contributed by atoms with E-state index in [2.05, 4.69) is 5.32 Å². The third-order valence-corrected chi connectivity index (χ3v) is 3.49. The highest BCUT2D eigenvalue weighted by atomic mass is 35.5. The Balaban J connectivity index is 1.76. The molecular weight excluding hydrogens is 360 g/mol. The monoisotopic (exact) mass is 371 g/mol. The van der Waals surface area contributed by atoms with Gasteiger partial charge in [-0.15, -0.1) is 0 Å². The van der Waals surface area contributed by atoms with Crippen LogP contribution in [0.1, 0.15) is 0 Å². The molecule has 5 nitrogen and oxygen atoms in total. The number of para-hydroxylation sites is 1. The van der Waals surface area contributed by atoms with E-state index in [-0.39, 0.29) is 10.8 Å². The minimum Gasteiger partial charge on any atom is -0.479 e. The van der Waals surface area contributed by atoms with Gasteiger partial charge in [0.05, 0.1) is 10.0 Å². The Labute approximate surface area is 147 Å². The molecule has 0 aliphatic carbocycles. The molecule has 0 spiro atoms. The minimum atomic E-state index is -0.803. The van der Waals surface area contributed by atoms with Crippen molar-refractivity contribution in [1.29, 1.82) is 0 Å². The molecule has 2 aromatic rings. The van der Waals surface area contributed by atoms with Gasteiger partial charge in [-0.3, -0.25) is 4.79 Å². The maximum atomic E-state index is 13.3. The second-order valence-corrected chi connectivity index (χ2v) is 5.37. The molecule has 0 saturated heterocycles. The van der Waals surface area contributed by atoms with Crippen molar-refractivity contribution in [2.75, 3.05) is 18.5 Å². The summed E-state index contributed by atoms with van der Waals surface area (Å²) in [5.74, 6) is -2.03. The van der Waals surface area contributed by atoms with E-state index < -0.39 is 30.9 Å². The molecule has 0 aromatic heterocycles. The molecule has 0 fully saturated rings. The summed E-state index contributed by atoms with van der Waals surface area (Å²) in [7, 11) is 0. The van der Waals surface area contributed by atoms with Gasteiger partial charge >= 0.3 is 5.97 Å². The second kappa shape index (κ2) is 8.52. The summed E-state index contributed by atoms with van der Waals surface area (Å²) in [5.41, 5.74) is 0.410. The van der Waals surface area contributed by atoms with Crippen LogP contribution in [0.2, 0.25) is 10.0 Å². The zero-order valence-electron chi connectivity index (χ0n) is 12.2. The van der Waals surface area contributed by atoms with Crippen LogP contribution < -0.4 is 10.1 Å². The van der Waals surface area contributed by atoms with Crippen molar-refractivity contribution in [2.24, 2.45) is 0 Å². The fourth-order valence-electron chi connectivity index (χ4n) is 1.66. The van der Waals surface area contributed by atoms with E-state index in [1.165, 1.54) is 30.3 Å². The SMILES string of the molecule is O=C(COC(=O)COc1ccccc1F)Nc1ccc(Cl)c(Cl)c1. The highest BCUT2D eigenvalue weighted by Gasteiger charge is 2.11. The van der Waals surface area contributed by atoms with Crippen LogP contribution in [0.25, 0.3) is 0 Å². The summed E-state index contributed by atoms with van der Waals surface area (Å²) in [4.78, 5) is 23.2. The number of nitrogens with one attached hydrogen (secondary N) is 1. The number of amides is 1. The van der Waals surface area contributed by atoms with Gasteiger partial charge in [0.2, 0.25) is 0 Å². The Morgan fingerprint density at radius 1 is 1.04 bits per heavy atom. The van der Waals surface area contributed by atoms with E-state index in [4.69, 9.17) is 32.7 Å². The molecule has 24 heavy (non-hydrogen) atoms. The van der Waals surface area contributed by atoms with Gasteiger partial charge in [-0.2, -0.15) is 0 Å². The predicted octanol–water partition coefficient (Wildman–Crippen LogP) is 3.69. The normalized spacial score (nSPS) is 10.1. The Kier molecular flexibility index (Phi) is 6.40. The summed E-state index contributed by atoms with van der Waals surface area (Å²) in [6, 6.07) is 10.2. The lowest BCUT2D eigenvalue weighted by molar-refractivity contribution is -0.149. The third kappa shape index (κ3) is 5.40. The van der Waals surface area contributed by atoms with Crippen molar-refractivity contribution in [3.8, 4) is 5.75 Å². The topological polar surface area (TPSA) is 64.6 Å². The van der Waals surface area contributed by atoms with E-state index >= 15 is 0 Å². The number of carbonyl (C=O) groups excluding carboxylic acids is 2. The van der Waals surface area contributed by atoms with Crippen molar-refractivity contribution in [3.05, 3.63) is 58.3 Å². The molecule has 0 atom stereocenters. The van der Waals surface area contributed by atoms with Crippen molar-refractivity contribution >= 4 is 40.8 Å². The first-order valence-corrected chi connectivity index (χ1v) is 7.49. The van der Waals surface area contributed by atoms with Crippen LogP contribution in [0.3, 0.4) is 0 Å². The predicted molar refractivity (Wildman–Crippen MR) is 87.9 cm³/mol. The van der Waals surface area contributed by atoms with Gasteiger partial charge in [-0.25, -0.2) is 9.18 Å². The molecule has 0 bridgehead atoms. The van der Waals surface area contributed by atoms with Gasteiger partial charge in [0.15, 0.2) is 24.8 Å². The summed E-state index contributed by atoms with van der Waals surface area (Å²) in [6.45, 7) is -1.03. The molecule has 2 rings (SSSR count). The molecule has 0 heterocycles. The first-order chi connectivity index (χ1) is 11.5. The minimum absolute atomic E-state index is 0.0743. The van der Waals surface area contributed by atoms with E-state index in [1.807, 2.05) is 0 Å². The molecule has 1 N–H and O–H groups in total. The van der Waals surface area contributed by atoms with Crippen LogP contribution in [0.5, 0.6) is 5.75 Å². The standard InChI is InChI=1S/C16H12Cl2FNO4/c17-11-6-5-10(7-12(11)18)20-15(21)8-24-16(22)9-23-14-4-2-1-3-13(14)19/h1-7H,8-9H2,(H,20,21). The van der Waals surface area contributed by atoms with E-state index in [1.54, 1.807) is 12.1 Å². The Morgan fingerprint density at radius 2 is 1.79 bits per heavy atom. The third-order valence-electron chi connectivity index (χ3n) is 2.75. The molecule has 1 amide bonds. The van der Waals surface area contributed by atoms with Crippen molar-refractivity contribution in [1.82, 2.24) is 0 Å². The molecular formula is C16H12Cl2FNO4. The van der Waals surface area contributed by atoms with Gasteiger partial charge in [-0.1, -0.05) is 35.3 Å². The zero-order chi connectivity index (χ0) is 17.5. The fraction of sp³-hybridized carbons (Fsp3) is 0.125. The van der Waals surface area contributed by atoms with Gasteiger partial charge in [0.25, 0.3) is 5.91 Å². The second-order valence-electron chi connectivity index (χ2n) is 4.56. The fourth-order valence-corrected chi connectivity index (χ4v) is 1.96. The first kappa shape index (κ1) is 18.0. The van der Waals surface area contributed by atoms with Crippen molar-refractivity contribution in [3.63, 3.8) is 0 Å². The highest BCUT2D eigenvalue weighted by Crippen LogP contribution is 2.24. The molecule has 126 valence electrons. The molecule has 0 radical (unpaired) electrons. The van der Waals surface area contributed by atoms with Gasteiger partial charge in [-0.05, 0) is 30.3 Å². The van der Waals surface area contributed by atoms with E-state index in [9.17, 15) is 14.0 Å². The van der Waals surface area contributed by atoms with Crippen molar-refractivity contribution in [2.45, 2.75) is 0 Å². The molecule has 0 aliphatic heterocycles. The van der Waals surface area contributed by atoms with Gasteiger partial charge in [0, 0.05) is 5.69 Å². The number of ether oxygens (including phenoxy) is 2. The number of halogens is 3. The number of rotatable bonds is 6. The van der Waals surface area contributed by atoms with Crippen molar-refractivity contribution < 1.29 is 23.5 Å². The lowest BCUT2D eigenvalue weighted by atomic mass is 10.3. The van der Waals surface area contributed by atoms with Crippen LogP contribution in [0.15, 0.2) is 42.5 Å². The maximum Gasteiger partial charge on any atom is 0.344 e.